The fraction of sp³-hybridized carbons (Fsp3) is 0.125. The Bertz CT molecular complexity index is 206. The first-order valence-corrected chi connectivity index (χ1v) is 2.95. The second-order valence-electron chi connectivity index (χ2n) is 1.93. The lowest BCUT2D eigenvalue weighted by Crippen LogP contribution is -1.96. The molecule has 0 fully saturated rings. The Morgan fingerprint density at radius 1 is 1.30 bits per heavy atom. The van der Waals surface area contributed by atoms with E-state index in [2.05, 4.69) is 0 Å². The summed E-state index contributed by atoms with van der Waals surface area (Å²) in [7, 11) is 0. The van der Waals surface area contributed by atoms with Gasteiger partial charge in [0, 0.05) is 0 Å². The van der Waals surface area contributed by atoms with E-state index in [1.54, 1.807) is 24.3 Å². The number of rotatable bonds is 2. The topological polar surface area (TPSA) is 37.3 Å². The Kier molecular flexibility index (Phi) is 2.18. The van der Waals surface area contributed by atoms with Crippen LogP contribution in [0.4, 0.5) is 0 Å². The van der Waals surface area contributed by atoms with Crippen LogP contribution in [0.1, 0.15) is 11.7 Å². The molecule has 1 aromatic rings. The molecule has 1 atom stereocenters. The highest BCUT2D eigenvalue weighted by atomic mass is 16.3. The molecule has 0 aliphatic heterocycles. The lowest BCUT2D eigenvalue weighted by molar-refractivity contribution is 0.240. The largest absolute Gasteiger partial charge is 0.380 e. The highest BCUT2D eigenvalue weighted by Crippen LogP contribution is 2.07. The van der Waals surface area contributed by atoms with Crippen LogP contribution in [0, 0.1) is 0 Å². The normalized spacial score (nSPS) is 12.5. The SMILES string of the molecule is O=[C][C@H](O)c1ccccc1. The Morgan fingerprint density at radius 2 is 1.90 bits per heavy atom. The number of aliphatic hydroxyl groups is 1. The van der Waals surface area contributed by atoms with Gasteiger partial charge in [-0.3, -0.25) is 4.79 Å². The van der Waals surface area contributed by atoms with Crippen molar-refractivity contribution < 1.29 is 9.90 Å². The predicted octanol–water partition coefficient (Wildman–Crippen LogP) is 0.830. The maximum absolute atomic E-state index is 9.93. The molecule has 1 aromatic carbocycles. The molecule has 1 N–H and O–H groups in total. The monoisotopic (exact) mass is 135 g/mol. The number of aliphatic hydroxyl groups excluding tert-OH is 1. The molecule has 51 valence electrons. The van der Waals surface area contributed by atoms with Crippen LogP contribution in [0.25, 0.3) is 0 Å². The molecule has 0 bridgehead atoms. The zero-order valence-electron chi connectivity index (χ0n) is 5.32. The summed E-state index contributed by atoms with van der Waals surface area (Å²) >= 11 is 0. The Morgan fingerprint density at radius 3 is 2.40 bits per heavy atom. The van der Waals surface area contributed by atoms with Crippen LogP contribution in [-0.4, -0.2) is 11.4 Å². The summed E-state index contributed by atoms with van der Waals surface area (Å²) in [4.78, 5) is 9.93. The molecule has 0 aliphatic carbocycles. The van der Waals surface area contributed by atoms with Gasteiger partial charge in [0.1, 0.15) is 6.10 Å². The van der Waals surface area contributed by atoms with Gasteiger partial charge in [0.2, 0.25) is 6.29 Å². The first kappa shape index (κ1) is 6.96. The third kappa shape index (κ3) is 1.42. The zero-order valence-corrected chi connectivity index (χ0v) is 5.32. The molecular formula is C8H7O2. The van der Waals surface area contributed by atoms with Gasteiger partial charge < -0.3 is 5.11 Å². The average molecular weight is 135 g/mol. The van der Waals surface area contributed by atoms with Crippen LogP contribution in [0.15, 0.2) is 30.3 Å². The van der Waals surface area contributed by atoms with E-state index >= 15 is 0 Å². The quantitative estimate of drug-likeness (QED) is 0.652. The fourth-order valence-corrected chi connectivity index (χ4v) is 0.703. The van der Waals surface area contributed by atoms with Gasteiger partial charge in [0.15, 0.2) is 0 Å². The molecule has 2 nitrogen and oxygen atoms in total. The van der Waals surface area contributed by atoms with Gasteiger partial charge in [-0.05, 0) is 5.56 Å². The number of carbonyl (C=O) groups excluding carboxylic acids is 1. The van der Waals surface area contributed by atoms with Crippen LogP contribution >= 0.6 is 0 Å². The van der Waals surface area contributed by atoms with Crippen molar-refractivity contribution in [2.24, 2.45) is 0 Å². The third-order valence-corrected chi connectivity index (χ3v) is 1.23. The molecule has 10 heavy (non-hydrogen) atoms. The third-order valence-electron chi connectivity index (χ3n) is 1.23. The molecule has 0 unspecified atom stereocenters. The predicted molar refractivity (Wildman–Crippen MR) is 37.1 cm³/mol. The molecule has 0 heterocycles. The van der Waals surface area contributed by atoms with E-state index in [0.29, 0.717) is 5.56 Å². The number of hydrogen-bond acceptors (Lipinski definition) is 2. The average Bonchev–Trinajstić information content (AvgIpc) is 2.05. The van der Waals surface area contributed by atoms with E-state index in [1.807, 2.05) is 6.07 Å². The van der Waals surface area contributed by atoms with E-state index in [0.717, 1.165) is 0 Å². The van der Waals surface area contributed by atoms with E-state index in [1.165, 1.54) is 6.29 Å². The number of benzene rings is 1. The summed E-state index contributed by atoms with van der Waals surface area (Å²) in [6, 6.07) is 8.69. The van der Waals surface area contributed by atoms with Crippen LogP contribution in [0.3, 0.4) is 0 Å². The summed E-state index contributed by atoms with van der Waals surface area (Å²) in [6.45, 7) is 0. The van der Waals surface area contributed by atoms with Gasteiger partial charge in [-0.15, -0.1) is 0 Å². The Labute approximate surface area is 59.1 Å². The van der Waals surface area contributed by atoms with Crippen LogP contribution in [0.5, 0.6) is 0 Å². The van der Waals surface area contributed by atoms with E-state index in [4.69, 9.17) is 5.11 Å². The van der Waals surface area contributed by atoms with Crippen LogP contribution in [0.2, 0.25) is 0 Å². The summed E-state index contributed by atoms with van der Waals surface area (Å²) in [5, 5.41) is 8.91. The molecular weight excluding hydrogens is 128 g/mol. The summed E-state index contributed by atoms with van der Waals surface area (Å²) in [5.74, 6) is 0. The smallest absolute Gasteiger partial charge is 0.234 e. The van der Waals surface area contributed by atoms with E-state index in [9.17, 15) is 4.79 Å². The molecule has 0 spiro atoms. The van der Waals surface area contributed by atoms with Gasteiger partial charge in [-0.1, -0.05) is 30.3 Å². The van der Waals surface area contributed by atoms with Crippen molar-refractivity contribution in [3.63, 3.8) is 0 Å². The molecule has 0 aromatic heterocycles. The molecule has 2 heteroatoms. The molecule has 0 saturated carbocycles. The Hall–Kier alpha value is -1.15. The Balaban J connectivity index is 2.84. The fourth-order valence-electron chi connectivity index (χ4n) is 0.703. The molecule has 1 rings (SSSR count). The van der Waals surface area contributed by atoms with Crippen molar-refractivity contribution in [3.05, 3.63) is 35.9 Å². The van der Waals surface area contributed by atoms with Crippen molar-refractivity contribution in [2.75, 3.05) is 0 Å². The zero-order chi connectivity index (χ0) is 7.40. The lowest BCUT2D eigenvalue weighted by atomic mass is 10.1. The second-order valence-corrected chi connectivity index (χ2v) is 1.93. The van der Waals surface area contributed by atoms with Crippen molar-refractivity contribution >= 4 is 6.29 Å². The molecule has 0 amide bonds. The highest BCUT2D eigenvalue weighted by Gasteiger charge is 2.03. The van der Waals surface area contributed by atoms with Crippen molar-refractivity contribution in [2.45, 2.75) is 6.10 Å². The second kappa shape index (κ2) is 3.13. The summed E-state index contributed by atoms with van der Waals surface area (Å²) in [6.07, 6.45) is 0.391. The molecule has 0 aliphatic rings. The first-order chi connectivity index (χ1) is 4.84. The standard InChI is InChI=1S/C8H7O2/c9-6-8(10)7-4-2-1-3-5-7/h1-5,8,10H/t8-/m0/s1. The van der Waals surface area contributed by atoms with Crippen LogP contribution < -0.4 is 0 Å². The minimum Gasteiger partial charge on any atom is -0.380 e. The van der Waals surface area contributed by atoms with Crippen molar-refractivity contribution in [1.29, 1.82) is 0 Å². The molecule has 1 radical (unpaired) electrons. The maximum Gasteiger partial charge on any atom is 0.234 e. The van der Waals surface area contributed by atoms with Gasteiger partial charge in [-0.2, -0.15) is 0 Å². The molecule has 0 saturated heterocycles. The van der Waals surface area contributed by atoms with Crippen molar-refractivity contribution in [1.82, 2.24) is 0 Å². The van der Waals surface area contributed by atoms with Crippen LogP contribution in [-0.2, 0) is 4.79 Å². The van der Waals surface area contributed by atoms with E-state index in [-0.39, 0.29) is 0 Å². The summed E-state index contributed by atoms with van der Waals surface area (Å²) in [5.41, 5.74) is 0.581. The minimum atomic E-state index is -1.10. The van der Waals surface area contributed by atoms with Gasteiger partial charge in [0.05, 0.1) is 0 Å². The minimum absolute atomic E-state index is 0.581. The van der Waals surface area contributed by atoms with Crippen molar-refractivity contribution in [3.8, 4) is 0 Å². The summed E-state index contributed by atoms with van der Waals surface area (Å²) < 4.78 is 0. The highest BCUT2D eigenvalue weighted by molar-refractivity contribution is 5.60. The maximum atomic E-state index is 9.93. The van der Waals surface area contributed by atoms with Gasteiger partial charge in [0.25, 0.3) is 0 Å². The lowest BCUT2D eigenvalue weighted by Gasteiger charge is -1.98. The van der Waals surface area contributed by atoms with Gasteiger partial charge >= 0.3 is 0 Å². The van der Waals surface area contributed by atoms with Gasteiger partial charge in [-0.25, -0.2) is 0 Å². The number of hydrogen-bond donors (Lipinski definition) is 1. The van der Waals surface area contributed by atoms with E-state index < -0.39 is 6.10 Å². The first-order valence-electron chi connectivity index (χ1n) is 2.95.